The Bertz CT molecular complexity index is 808. The molecular weight excluding hydrogens is 292 g/mol. The molecule has 2 aromatic heterocycles. The minimum absolute atomic E-state index is 0.0195. The van der Waals surface area contributed by atoms with Crippen molar-refractivity contribution in [3.8, 4) is 10.6 Å². The van der Waals surface area contributed by atoms with Crippen molar-refractivity contribution in [2.45, 2.75) is 6.92 Å². The van der Waals surface area contributed by atoms with Crippen molar-refractivity contribution in [2.75, 3.05) is 0 Å². The number of hydrogen-bond acceptors (Lipinski definition) is 4. The minimum Gasteiger partial charge on any atom is -0.288 e. The van der Waals surface area contributed by atoms with Gasteiger partial charge in [0, 0.05) is 18.0 Å². The van der Waals surface area contributed by atoms with Gasteiger partial charge in [-0.2, -0.15) is 0 Å². The third-order valence-corrected chi connectivity index (χ3v) is 4.38. The number of thiazole rings is 1. The van der Waals surface area contributed by atoms with Gasteiger partial charge in [0.2, 0.25) is 0 Å². The van der Waals surface area contributed by atoms with Gasteiger partial charge in [-0.1, -0.05) is 36.4 Å². The van der Waals surface area contributed by atoms with Gasteiger partial charge in [-0.15, -0.1) is 11.3 Å². The Kier molecular flexibility index (Phi) is 4.21. The third kappa shape index (κ3) is 3.18. The molecule has 0 saturated carbocycles. The number of benzene rings is 1. The highest BCUT2D eigenvalue weighted by Gasteiger charge is 2.14. The van der Waals surface area contributed by atoms with Crippen molar-refractivity contribution in [3.63, 3.8) is 0 Å². The Balaban J connectivity index is 1.85. The van der Waals surface area contributed by atoms with E-state index in [0.29, 0.717) is 4.88 Å². The number of aryl methyl sites for hydroxylation is 1. The molecule has 0 spiro atoms. The highest BCUT2D eigenvalue weighted by molar-refractivity contribution is 7.17. The maximum atomic E-state index is 12.4. The molecule has 3 rings (SSSR count). The van der Waals surface area contributed by atoms with Crippen molar-refractivity contribution in [3.05, 3.63) is 77.1 Å². The van der Waals surface area contributed by atoms with Crippen molar-refractivity contribution >= 4 is 23.2 Å². The molecule has 0 aliphatic carbocycles. The lowest BCUT2D eigenvalue weighted by Crippen LogP contribution is -1.92. The molecule has 3 aromatic rings. The molecule has 0 N–H and O–H groups in total. The average molecular weight is 306 g/mol. The second kappa shape index (κ2) is 6.45. The number of ketones is 1. The van der Waals surface area contributed by atoms with E-state index in [9.17, 15) is 4.79 Å². The van der Waals surface area contributed by atoms with Crippen molar-refractivity contribution in [2.24, 2.45) is 0 Å². The van der Waals surface area contributed by atoms with Gasteiger partial charge in [0.25, 0.3) is 0 Å². The lowest BCUT2D eigenvalue weighted by molar-refractivity contribution is 0.105. The second-order valence-corrected chi connectivity index (χ2v) is 5.78. The smallest absolute Gasteiger partial charge is 0.197 e. The maximum Gasteiger partial charge on any atom is 0.197 e. The van der Waals surface area contributed by atoms with Crippen molar-refractivity contribution in [1.29, 1.82) is 0 Å². The van der Waals surface area contributed by atoms with Crippen molar-refractivity contribution in [1.82, 2.24) is 9.97 Å². The molecule has 0 unspecified atom stereocenters. The Morgan fingerprint density at radius 2 is 1.95 bits per heavy atom. The van der Waals surface area contributed by atoms with Crippen LogP contribution in [0.4, 0.5) is 0 Å². The highest BCUT2D eigenvalue weighted by Crippen LogP contribution is 2.27. The zero-order chi connectivity index (χ0) is 15.4. The highest BCUT2D eigenvalue weighted by atomic mass is 32.1. The predicted octanol–water partition coefficient (Wildman–Crippen LogP) is 4.41. The Labute approximate surface area is 133 Å². The average Bonchev–Trinajstić information content (AvgIpc) is 2.96. The summed E-state index contributed by atoms with van der Waals surface area (Å²) in [5.74, 6) is -0.0195. The normalized spacial score (nSPS) is 11.0. The molecule has 0 radical (unpaired) electrons. The lowest BCUT2D eigenvalue weighted by atomic mass is 10.2. The van der Waals surface area contributed by atoms with Crippen LogP contribution < -0.4 is 0 Å². The number of aromatic nitrogens is 2. The minimum atomic E-state index is -0.0195. The van der Waals surface area contributed by atoms with Crippen LogP contribution >= 0.6 is 11.3 Å². The van der Waals surface area contributed by atoms with Gasteiger partial charge in [0.05, 0.1) is 10.6 Å². The molecule has 0 fully saturated rings. The fourth-order valence-electron chi connectivity index (χ4n) is 2.05. The Morgan fingerprint density at radius 3 is 2.68 bits per heavy atom. The number of pyridine rings is 1. The van der Waals surface area contributed by atoms with E-state index >= 15 is 0 Å². The molecule has 0 amide bonds. The SMILES string of the molecule is Cc1nc(-c2cccnc2)sc1C(=O)/C=C/c1ccccc1. The van der Waals surface area contributed by atoms with Gasteiger partial charge in [-0.3, -0.25) is 9.78 Å². The number of rotatable bonds is 4. The summed E-state index contributed by atoms with van der Waals surface area (Å²) in [6.45, 7) is 1.86. The summed E-state index contributed by atoms with van der Waals surface area (Å²) in [5.41, 5.74) is 2.69. The molecule has 0 aliphatic heterocycles. The van der Waals surface area contributed by atoms with Gasteiger partial charge in [-0.25, -0.2) is 4.98 Å². The fraction of sp³-hybridized carbons (Fsp3) is 0.0556. The molecule has 108 valence electrons. The Morgan fingerprint density at radius 1 is 1.14 bits per heavy atom. The van der Waals surface area contributed by atoms with Crippen LogP contribution in [0.2, 0.25) is 0 Å². The first-order valence-corrected chi connectivity index (χ1v) is 7.71. The maximum absolute atomic E-state index is 12.4. The van der Waals surface area contributed by atoms with Gasteiger partial charge in [-0.05, 0) is 30.7 Å². The van der Waals surface area contributed by atoms with Crippen LogP contribution in [-0.2, 0) is 0 Å². The number of carbonyl (C=O) groups is 1. The standard InChI is InChI=1S/C18H14N2OS/c1-13-17(16(21)10-9-14-6-3-2-4-7-14)22-18(20-13)15-8-5-11-19-12-15/h2-12H,1H3/b10-9+. The van der Waals surface area contributed by atoms with Crippen LogP contribution in [0.3, 0.4) is 0 Å². The van der Waals surface area contributed by atoms with E-state index in [4.69, 9.17) is 0 Å². The zero-order valence-corrected chi connectivity index (χ0v) is 12.9. The largest absolute Gasteiger partial charge is 0.288 e. The zero-order valence-electron chi connectivity index (χ0n) is 12.1. The summed E-state index contributed by atoms with van der Waals surface area (Å²) in [7, 11) is 0. The summed E-state index contributed by atoms with van der Waals surface area (Å²) < 4.78 is 0. The van der Waals surface area contributed by atoms with Crippen LogP contribution in [0.1, 0.15) is 20.9 Å². The van der Waals surface area contributed by atoms with E-state index in [1.807, 2.05) is 55.5 Å². The van der Waals surface area contributed by atoms with E-state index in [2.05, 4.69) is 9.97 Å². The van der Waals surface area contributed by atoms with Gasteiger partial charge < -0.3 is 0 Å². The quantitative estimate of drug-likeness (QED) is 0.529. The summed E-state index contributed by atoms with van der Waals surface area (Å²) >= 11 is 1.40. The topological polar surface area (TPSA) is 42.9 Å². The summed E-state index contributed by atoms with van der Waals surface area (Å²) in [4.78, 5) is 21.6. The first kappa shape index (κ1) is 14.4. The molecule has 0 atom stereocenters. The number of hydrogen-bond donors (Lipinski definition) is 0. The number of nitrogens with zero attached hydrogens (tertiary/aromatic N) is 2. The molecule has 1 aromatic carbocycles. The molecule has 0 aliphatic rings. The third-order valence-electron chi connectivity index (χ3n) is 3.16. The van der Waals surface area contributed by atoms with E-state index in [0.717, 1.165) is 21.8 Å². The lowest BCUT2D eigenvalue weighted by Gasteiger charge is -1.93. The van der Waals surface area contributed by atoms with Crippen LogP contribution in [0.25, 0.3) is 16.6 Å². The van der Waals surface area contributed by atoms with Crippen LogP contribution in [0, 0.1) is 6.92 Å². The van der Waals surface area contributed by atoms with Crippen LogP contribution in [-0.4, -0.2) is 15.8 Å². The number of carbonyl (C=O) groups excluding carboxylic acids is 1. The molecule has 22 heavy (non-hydrogen) atoms. The number of allylic oxidation sites excluding steroid dienone is 1. The van der Waals surface area contributed by atoms with Crippen molar-refractivity contribution < 1.29 is 4.79 Å². The fourth-order valence-corrected chi connectivity index (χ4v) is 3.03. The Hall–Kier alpha value is -2.59. The summed E-state index contributed by atoms with van der Waals surface area (Å²) in [6, 6.07) is 13.6. The van der Waals surface area contributed by atoms with Crippen LogP contribution in [0.15, 0.2) is 60.9 Å². The predicted molar refractivity (Wildman–Crippen MR) is 89.9 cm³/mol. The first-order valence-electron chi connectivity index (χ1n) is 6.89. The molecule has 0 bridgehead atoms. The van der Waals surface area contributed by atoms with E-state index < -0.39 is 0 Å². The van der Waals surface area contributed by atoms with Gasteiger partial charge >= 0.3 is 0 Å². The van der Waals surface area contributed by atoms with Gasteiger partial charge in [0.1, 0.15) is 5.01 Å². The molecular formula is C18H14N2OS. The molecule has 3 nitrogen and oxygen atoms in total. The monoisotopic (exact) mass is 306 g/mol. The van der Waals surface area contributed by atoms with E-state index in [1.165, 1.54) is 11.3 Å². The van der Waals surface area contributed by atoms with E-state index in [1.54, 1.807) is 18.5 Å². The molecule has 0 saturated heterocycles. The van der Waals surface area contributed by atoms with Crippen LogP contribution in [0.5, 0.6) is 0 Å². The second-order valence-electron chi connectivity index (χ2n) is 4.78. The molecule has 2 heterocycles. The van der Waals surface area contributed by atoms with E-state index in [-0.39, 0.29) is 5.78 Å². The van der Waals surface area contributed by atoms with Gasteiger partial charge in [0.15, 0.2) is 5.78 Å². The first-order chi connectivity index (χ1) is 10.7. The molecule has 4 heteroatoms. The summed E-state index contributed by atoms with van der Waals surface area (Å²) in [6.07, 6.45) is 6.90. The summed E-state index contributed by atoms with van der Waals surface area (Å²) in [5, 5.41) is 0.821.